The zero-order valence-electron chi connectivity index (χ0n) is 7.12. The quantitative estimate of drug-likeness (QED) is 0.666. The van der Waals surface area contributed by atoms with E-state index in [1.807, 2.05) is 30.5 Å². The molecule has 2 rings (SSSR count). The van der Waals surface area contributed by atoms with Gasteiger partial charge in [0.05, 0.1) is 10.5 Å². The molecule has 13 heavy (non-hydrogen) atoms. The lowest BCUT2D eigenvalue weighted by molar-refractivity contribution is 1.39. The Hall–Kier alpha value is -0.730. The average molecular weight is 210 g/mol. The maximum atomic E-state index is 6.18. The third-order valence-corrected chi connectivity index (χ3v) is 3.20. The number of benzene rings is 1. The number of aromatic nitrogens is 1. The summed E-state index contributed by atoms with van der Waals surface area (Å²) in [7, 11) is 0. The van der Waals surface area contributed by atoms with E-state index < -0.39 is 0 Å². The van der Waals surface area contributed by atoms with Gasteiger partial charge in [0.15, 0.2) is 0 Å². The molecule has 0 N–H and O–H groups in total. The third-order valence-electron chi connectivity index (χ3n) is 1.90. The van der Waals surface area contributed by atoms with Crippen LogP contribution in [0.25, 0.3) is 10.9 Å². The van der Waals surface area contributed by atoms with Crippen molar-refractivity contribution < 1.29 is 0 Å². The van der Waals surface area contributed by atoms with Gasteiger partial charge in [0.2, 0.25) is 0 Å². The van der Waals surface area contributed by atoms with Gasteiger partial charge in [-0.15, -0.1) is 11.8 Å². The van der Waals surface area contributed by atoms with Crippen LogP contribution in [0, 0.1) is 0 Å². The molecule has 0 amide bonds. The second kappa shape index (κ2) is 3.56. The summed E-state index contributed by atoms with van der Waals surface area (Å²) in [5.41, 5.74) is 0.949. The van der Waals surface area contributed by atoms with Crippen LogP contribution in [0.2, 0.25) is 5.02 Å². The van der Waals surface area contributed by atoms with Gasteiger partial charge in [-0.25, -0.2) is 0 Å². The summed E-state index contributed by atoms with van der Waals surface area (Å²) in [4.78, 5) is 5.32. The minimum Gasteiger partial charge on any atom is -0.256 e. The minimum absolute atomic E-state index is 0.804. The van der Waals surface area contributed by atoms with Crippen LogP contribution in [-0.2, 0) is 0 Å². The summed E-state index contributed by atoms with van der Waals surface area (Å²) in [6.45, 7) is 0. The van der Waals surface area contributed by atoms with Crippen molar-refractivity contribution in [1.82, 2.24) is 4.98 Å². The zero-order valence-corrected chi connectivity index (χ0v) is 8.69. The van der Waals surface area contributed by atoms with E-state index in [0.29, 0.717) is 0 Å². The lowest BCUT2D eigenvalue weighted by atomic mass is 10.2. The van der Waals surface area contributed by atoms with Crippen LogP contribution in [0.3, 0.4) is 0 Å². The Labute approximate surface area is 86.1 Å². The second-order valence-electron chi connectivity index (χ2n) is 2.65. The average Bonchev–Trinajstić information content (AvgIpc) is 2.19. The monoisotopic (exact) mass is 209 g/mol. The van der Waals surface area contributed by atoms with Crippen LogP contribution in [0.15, 0.2) is 35.4 Å². The van der Waals surface area contributed by atoms with Crippen LogP contribution in [0.1, 0.15) is 0 Å². The first-order valence-electron chi connectivity index (χ1n) is 3.90. The molecule has 66 valence electrons. The number of pyridine rings is 1. The molecule has 0 aliphatic rings. The first kappa shape index (κ1) is 8.85. The summed E-state index contributed by atoms with van der Waals surface area (Å²) in [5.74, 6) is 0. The van der Waals surface area contributed by atoms with Gasteiger partial charge < -0.3 is 0 Å². The topological polar surface area (TPSA) is 12.9 Å². The Balaban J connectivity index is 2.79. The van der Waals surface area contributed by atoms with Crippen molar-refractivity contribution in [3.8, 4) is 0 Å². The molecule has 2 aromatic rings. The largest absolute Gasteiger partial charge is 0.256 e. The number of thioether (sulfide) groups is 1. The van der Waals surface area contributed by atoms with Gasteiger partial charge in [0.1, 0.15) is 0 Å². The molecule has 1 nitrogen and oxygen atoms in total. The highest BCUT2D eigenvalue weighted by atomic mass is 35.5. The molecular formula is C10H8ClNS. The fourth-order valence-electron chi connectivity index (χ4n) is 1.25. The summed E-state index contributed by atoms with van der Waals surface area (Å²) in [6, 6.07) is 7.89. The van der Waals surface area contributed by atoms with Crippen LogP contribution >= 0.6 is 23.4 Å². The number of hydrogen-bond donors (Lipinski definition) is 0. The maximum Gasteiger partial charge on any atom is 0.0717 e. The number of rotatable bonds is 1. The van der Waals surface area contributed by atoms with Gasteiger partial charge in [0, 0.05) is 16.5 Å². The van der Waals surface area contributed by atoms with Gasteiger partial charge in [-0.05, 0) is 30.5 Å². The van der Waals surface area contributed by atoms with Crippen molar-refractivity contribution in [2.75, 3.05) is 6.26 Å². The molecule has 0 atom stereocenters. The van der Waals surface area contributed by atoms with Gasteiger partial charge in [-0.3, -0.25) is 4.98 Å². The molecule has 0 saturated carbocycles. The number of fused-ring (bicyclic) bond motifs is 1. The van der Waals surface area contributed by atoms with Gasteiger partial charge in [-0.1, -0.05) is 11.6 Å². The standard InChI is InChI=1S/C10H8ClNS/c1-13-9-5-4-8-7(10(9)11)3-2-6-12-8/h2-6H,1H3. The molecule has 0 saturated heterocycles. The van der Waals surface area contributed by atoms with Crippen molar-refractivity contribution in [3.05, 3.63) is 35.5 Å². The molecule has 0 aliphatic carbocycles. The van der Waals surface area contributed by atoms with E-state index in [1.54, 1.807) is 18.0 Å². The number of halogens is 1. The molecule has 0 unspecified atom stereocenters. The molecule has 0 spiro atoms. The lowest BCUT2D eigenvalue weighted by Gasteiger charge is -2.03. The minimum atomic E-state index is 0.804. The summed E-state index contributed by atoms with van der Waals surface area (Å²) in [5, 5.41) is 1.83. The SMILES string of the molecule is CSc1ccc2ncccc2c1Cl. The molecule has 0 bridgehead atoms. The van der Waals surface area contributed by atoms with Gasteiger partial charge in [0.25, 0.3) is 0 Å². The summed E-state index contributed by atoms with van der Waals surface area (Å²) < 4.78 is 0. The van der Waals surface area contributed by atoms with E-state index in [4.69, 9.17) is 11.6 Å². The Morgan fingerprint density at radius 2 is 2.15 bits per heavy atom. The molecule has 1 heterocycles. The highest BCUT2D eigenvalue weighted by Gasteiger charge is 2.03. The molecule has 1 aromatic heterocycles. The predicted molar refractivity (Wildman–Crippen MR) is 58.5 cm³/mol. The smallest absolute Gasteiger partial charge is 0.0717 e. The van der Waals surface area contributed by atoms with Gasteiger partial charge in [-0.2, -0.15) is 0 Å². The van der Waals surface area contributed by atoms with Crippen LogP contribution < -0.4 is 0 Å². The fraction of sp³-hybridized carbons (Fsp3) is 0.100. The highest BCUT2D eigenvalue weighted by Crippen LogP contribution is 2.31. The first-order chi connectivity index (χ1) is 6.33. The summed E-state index contributed by atoms with van der Waals surface area (Å²) in [6.07, 6.45) is 3.79. The van der Waals surface area contributed by atoms with Crippen LogP contribution in [-0.4, -0.2) is 11.2 Å². The van der Waals surface area contributed by atoms with Crippen molar-refractivity contribution in [2.45, 2.75) is 4.90 Å². The zero-order chi connectivity index (χ0) is 9.26. The van der Waals surface area contributed by atoms with E-state index in [9.17, 15) is 0 Å². The third kappa shape index (κ3) is 1.52. The molecule has 1 aromatic carbocycles. The second-order valence-corrected chi connectivity index (χ2v) is 3.88. The fourth-order valence-corrected chi connectivity index (χ4v) is 2.20. The maximum absolute atomic E-state index is 6.18. The predicted octanol–water partition coefficient (Wildman–Crippen LogP) is 3.61. The van der Waals surface area contributed by atoms with Crippen LogP contribution in [0.4, 0.5) is 0 Å². The molecule has 3 heteroatoms. The lowest BCUT2D eigenvalue weighted by Crippen LogP contribution is -1.80. The van der Waals surface area contributed by atoms with E-state index in [1.165, 1.54) is 0 Å². The number of nitrogens with zero attached hydrogens (tertiary/aromatic N) is 1. The van der Waals surface area contributed by atoms with Crippen molar-refractivity contribution in [3.63, 3.8) is 0 Å². The van der Waals surface area contributed by atoms with Crippen molar-refractivity contribution >= 4 is 34.3 Å². The molecule has 0 fully saturated rings. The Morgan fingerprint density at radius 3 is 2.92 bits per heavy atom. The Bertz CT molecular complexity index is 442. The Morgan fingerprint density at radius 1 is 1.31 bits per heavy atom. The van der Waals surface area contributed by atoms with E-state index >= 15 is 0 Å². The van der Waals surface area contributed by atoms with Crippen molar-refractivity contribution in [1.29, 1.82) is 0 Å². The van der Waals surface area contributed by atoms with Crippen LogP contribution in [0.5, 0.6) is 0 Å². The number of hydrogen-bond acceptors (Lipinski definition) is 2. The summed E-state index contributed by atoms with van der Waals surface area (Å²) >= 11 is 7.83. The molecular weight excluding hydrogens is 202 g/mol. The molecule has 0 aliphatic heterocycles. The van der Waals surface area contributed by atoms with E-state index in [-0.39, 0.29) is 0 Å². The van der Waals surface area contributed by atoms with E-state index in [0.717, 1.165) is 20.8 Å². The molecule has 0 radical (unpaired) electrons. The Kier molecular flexibility index (Phi) is 2.42. The first-order valence-corrected chi connectivity index (χ1v) is 5.50. The normalized spacial score (nSPS) is 10.6. The van der Waals surface area contributed by atoms with E-state index in [2.05, 4.69) is 4.98 Å². The van der Waals surface area contributed by atoms with Crippen molar-refractivity contribution in [2.24, 2.45) is 0 Å². The highest BCUT2D eigenvalue weighted by molar-refractivity contribution is 7.98. The van der Waals surface area contributed by atoms with Gasteiger partial charge >= 0.3 is 0 Å².